The molecule has 0 aliphatic heterocycles. The Labute approximate surface area is 115 Å². The Hall–Kier alpha value is -1.09. The Morgan fingerprint density at radius 2 is 2.16 bits per heavy atom. The number of anilines is 1. The smallest absolute Gasteiger partial charge is 0.125 e. The lowest BCUT2D eigenvalue weighted by atomic mass is 9.75. The number of benzene rings is 1. The maximum atomic E-state index is 13.4. The summed E-state index contributed by atoms with van der Waals surface area (Å²) in [4.78, 5) is 2.26. The van der Waals surface area contributed by atoms with E-state index in [1.165, 1.54) is 25.3 Å². The van der Waals surface area contributed by atoms with Gasteiger partial charge in [-0.1, -0.05) is 25.3 Å². The lowest BCUT2D eigenvalue weighted by Crippen LogP contribution is -2.53. The number of hydrogen-bond donors (Lipinski definition) is 1. The largest absolute Gasteiger partial charge is 0.365 e. The van der Waals surface area contributed by atoms with E-state index >= 15 is 0 Å². The monoisotopic (exact) mass is 264 g/mol. The summed E-state index contributed by atoms with van der Waals surface area (Å²) in [6.07, 6.45) is 5.08. The van der Waals surface area contributed by atoms with Crippen LogP contribution in [0.15, 0.2) is 24.3 Å². The lowest BCUT2D eigenvalue weighted by Gasteiger charge is -2.45. The minimum Gasteiger partial charge on any atom is -0.365 e. The van der Waals surface area contributed by atoms with Gasteiger partial charge in [-0.25, -0.2) is 4.39 Å². The zero-order valence-corrected chi connectivity index (χ0v) is 12.0. The van der Waals surface area contributed by atoms with Gasteiger partial charge in [-0.05, 0) is 44.4 Å². The first-order valence-corrected chi connectivity index (χ1v) is 7.32. The standard InChI is InChI=1S/C16H25FN2/c1-3-19(15-9-5-8-14(17)10-15)16(2,12-18)11-13-6-4-7-13/h5,8-10,13H,3-4,6-7,11-12,18H2,1-2H3. The van der Waals surface area contributed by atoms with Crippen LogP contribution >= 0.6 is 0 Å². The lowest BCUT2D eigenvalue weighted by molar-refractivity contribution is 0.229. The Balaban J connectivity index is 2.21. The molecule has 0 bridgehead atoms. The van der Waals surface area contributed by atoms with Gasteiger partial charge in [-0.2, -0.15) is 0 Å². The summed E-state index contributed by atoms with van der Waals surface area (Å²) in [5, 5.41) is 0. The molecule has 1 aliphatic carbocycles. The summed E-state index contributed by atoms with van der Waals surface area (Å²) in [7, 11) is 0. The van der Waals surface area contributed by atoms with Gasteiger partial charge >= 0.3 is 0 Å². The second kappa shape index (κ2) is 5.91. The SMILES string of the molecule is CCN(c1cccc(F)c1)C(C)(CN)CC1CCC1. The van der Waals surface area contributed by atoms with E-state index in [1.807, 2.05) is 6.07 Å². The molecular formula is C16H25FN2. The highest BCUT2D eigenvalue weighted by molar-refractivity contribution is 5.49. The first kappa shape index (κ1) is 14.3. The first-order chi connectivity index (χ1) is 9.09. The number of hydrogen-bond acceptors (Lipinski definition) is 2. The molecular weight excluding hydrogens is 239 g/mol. The van der Waals surface area contributed by atoms with Gasteiger partial charge in [-0.3, -0.25) is 0 Å². The van der Waals surface area contributed by atoms with Gasteiger partial charge in [0.05, 0.1) is 0 Å². The van der Waals surface area contributed by atoms with Crippen LogP contribution < -0.4 is 10.6 Å². The van der Waals surface area contributed by atoms with Crippen molar-refractivity contribution in [3.63, 3.8) is 0 Å². The number of halogens is 1. The normalized spacial score (nSPS) is 18.7. The highest BCUT2D eigenvalue weighted by Gasteiger charge is 2.34. The van der Waals surface area contributed by atoms with Crippen molar-refractivity contribution in [3.8, 4) is 0 Å². The molecule has 19 heavy (non-hydrogen) atoms. The predicted octanol–water partition coefficient (Wildman–Crippen LogP) is 3.56. The third kappa shape index (κ3) is 3.08. The molecule has 1 aromatic rings. The van der Waals surface area contributed by atoms with Crippen LogP contribution in [0.5, 0.6) is 0 Å². The second-order valence-corrected chi connectivity index (χ2v) is 5.93. The summed E-state index contributed by atoms with van der Waals surface area (Å²) in [6, 6.07) is 6.84. The minimum atomic E-state index is -0.182. The van der Waals surface area contributed by atoms with E-state index in [-0.39, 0.29) is 11.4 Å². The summed E-state index contributed by atoms with van der Waals surface area (Å²) < 4.78 is 13.4. The van der Waals surface area contributed by atoms with Gasteiger partial charge in [0.1, 0.15) is 5.82 Å². The van der Waals surface area contributed by atoms with Gasteiger partial charge in [0, 0.05) is 24.3 Å². The van der Waals surface area contributed by atoms with Gasteiger partial charge in [0.2, 0.25) is 0 Å². The fourth-order valence-corrected chi connectivity index (χ4v) is 3.14. The van der Waals surface area contributed by atoms with Crippen molar-refractivity contribution in [2.75, 3.05) is 18.0 Å². The molecule has 2 N–H and O–H groups in total. The van der Waals surface area contributed by atoms with Crippen LogP contribution in [0.25, 0.3) is 0 Å². The average Bonchev–Trinajstić information content (AvgIpc) is 2.35. The van der Waals surface area contributed by atoms with Crippen LogP contribution in [0.4, 0.5) is 10.1 Å². The number of nitrogens with two attached hydrogens (primary N) is 1. The Bertz CT molecular complexity index is 417. The third-order valence-corrected chi connectivity index (χ3v) is 4.48. The van der Waals surface area contributed by atoms with Gasteiger partial charge in [-0.15, -0.1) is 0 Å². The predicted molar refractivity (Wildman–Crippen MR) is 78.8 cm³/mol. The van der Waals surface area contributed by atoms with Crippen LogP contribution in [0, 0.1) is 11.7 Å². The number of likely N-dealkylation sites (N-methyl/N-ethyl adjacent to an activating group) is 1. The molecule has 1 aliphatic rings. The average molecular weight is 264 g/mol. The van der Waals surface area contributed by atoms with E-state index in [0.717, 1.165) is 24.6 Å². The highest BCUT2D eigenvalue weighted by Crippen LogP contribution is 2.37. The molecule has 2 nitrogen and oxygen atoms in total. The molecule has 0 saturated heterocycles. The van der Waals surface area contributed by atoms with E-state index in [4.69, 9.17) is 5.73 Å². The molecule has 0 radical (unpaired) electrons. The Morgan fingerprint density at radius 1 is 1.42 bits per heavy atom. The van der Waals surface area contributed by atoms with Crippen LogP contribution in [0.2, 0.25) is 0 Å². The van der Waals surface area contributed by atoms with Crippen LogP contribution in [0.3, 0.4) is 0 Å². The molecule has 0 heterocycles. The number of nitrogens with zero attached hydrogens (tertiary/aromatic N) is 1. The fraction of sp³-hybridized carbons (Fsp3) is 0.625. The van der Waals surface area contributed by atoms with Crippen LogP contribution in [0.1, 0.15) is 39.5 Å². The summed E-state index contributed by atoms with van der Waals surface area (Å²) in [5.74, 6) is 0.607. The van der Waals surface area contributed by atoms with Crippen molar-refractivity contribution >= 4 is 5.69 Å². The summed E-state index contributed by atoms with van der Waals surface area (Å²) in [6.45, 7) is 5.77. The quantitative estimate of drug-likeness (QED) is 0.851. The maximum Gasteiger partial charge on any atom is 0.125 e. The van der Waals surface area contributed by atoms with Gasteiger partial charge in [0.15, 0.2) is 0 Å². The third-order valence-electron chi connectivity index (χ3n) is 4.48. The van der Waals surface area contributed by atoms with Crippen molar-refractivity contribution in [2.45, 2.75) is 45.1 Å². The zero-order chi connectivity index (χ0) is 13.9. The fourth-order valence-electron chi connectivity index (χ4n) is 3.14. The first-order valence-electron chi connectivity index (χ1n) is 7.32. The molecule has 1 unspecified atom stereocenters. The minimum absolute atomic E-state index is 0.0758. The van der Waals surface area contributed by atoms with E-state index in [1.54, 1.807) is 12.1 Å². The molecule has 106 valence electrons. The molecule has 1 aromatic carbocycles. The Kier molecular flexibility index (Phi) is 4.46. The summed E-state index contributed by atoms with van der Waals surface area (Å²) >= 11 is 0. The molecule has 2 rings (SSSR count). The summed E-state index contributed by atoms with van der Waals surface area (Å²) in [5.41, 5.74) is 6.91. The molecule has 1 saturated carbocycles. The molecule has 1 fully saturated rings. The van der Waals surface area contributed by atoms with Gasteiger partial charge in [0.25, 0.3) is 0 Å². The molecule has 0 amide bonds. The van der Waals surface area contributed by atoms with Crippen molar-refractivity contribution in [3.05, 3.63) is 30.1 Å². The van der Waals surface area contributed by atoms with E-state index < -0.39 is 0 Å². The van der Waals surface area contributed by atoms with Gasteiger partial charge < -0.3 is 10.6 Å². The number of rotatable bonds is 6. The molecule has 0 aromatic heterocycles. The maximum absolute atomic E-state index is 13.4. The van der Waals surface area contributed by atoms with E-state index in [9.17, 15) is 4.39 Å². The van der Waals surface area contributed by atoms with Crippen molar-refractivity contribution in [1.82, 2.24) is 0 Å². The molecule has 1 atom stereocenters. The van der Waals surface area contributed by atoms with Crippen LogP contribution in [-0.4, -0.2) is 18.6 Å². The second-order valence-electron chi connectivity index (χ2n) is 5.93. The Morgan fingerprint density at radius 3 is 2.63 bits per heavy atom. The van der Waals surface area contributed by atoms with Crippen molar-refractivity contribution in [2.24, 2.45) is 11.7 Å². The topological polar surface area (TPSA) is 29.3 Å². The highest BCUT2D eigenvalue weighted by atomic mass is 19.1. The van der Waals surface area contributed by atoms with Crippen molar-refractivity contribution < 1.29 is 4.39 Å². The zero-order valence-electron chi connectivity index (χ0n) is 12.0. The van der Waals surface area contributed by atoms with E-state index in [0.29, 0.717) is 6.54 Å². The van der Waals surface area contributed by atoms with E-state index in [2.05, 4.69) is 18.7 Å². The van der Waals surface area contributed by atoms with Crippen molar-refractivity contribution in [1.29, 1.82) is 0 Å². The molecule has 0 spiro atoms. The molecule has 3 heteroatoms. The van der Waals surface area contributed by atoms with Crippen LogP contribution in [-0.2, 0) is 0 Å².